The van der Waals surface area contributed by atoms with Crippen LogP contribution in [0.3, 0.4) is 0 Å². The molecule has 0 saturated carbocycles. The number of anilines is 1. The predicted octanol–water partition coefficient (Wildman–Crippen LogP) is 4.94. The minimum atomic E-state index is -0.0917. The lowest BCUT2D eigenvalue weighted by Crippen LogP contribution is -2.41. The van der Waals surface area contributed by atoms with Crippen molar-refractivity contribution < 1.29 is 9.59 Å². The van der Waals surface area contributed by atoms with E-state index in [1.165, 1.54) is 22.7 Å². The molecule has 1 saturated heterocycles. The van der Waals surface area contributed by atoms with Crippen molar-refractivity contribution in [2.75, 3.05) is 18.4 Å². The minimum Gasteiger partial charge on any atom is -0.338 e. The number of nitrogens with zero attached hydrogens (tertiary/aromatic N) is 2. The van der Waals surface area contributed by atoms with E-state index in [-0.39, 0.29) is 17.7 Å². The standard InChI is InChI=1S/C21H20ClN3O2S2/c22-16-5-3-14(4-6-16)12-17-13-23-21(29-17)24-19(26)15-7-9-25(10-8-15)20(27)18-2-1-11-28-18/h1-6,11,13,15H,7-10,12H2,(H,23,24,26). The summed E-state index contributed by atoms with van der Waals surface area (Å²) in [5.74, 6) is -0.0442. The van der Waals surface area contributed by atoms with Crippen LogP contribution in [0.2, 0.25) is 5.02 Å². The first kappa shape index (κ1) is 20.1. The molecule has 1 aromatic carbocycles. The van der Waals surface area contributed by atoms with Gasteiger partial charge in [0.15, 0.2) is 5.13 Å². The molecule has 3 aromatic rings. The van der Waals surface area contributed by atoms with Gasteiger partial charge in [-0.25, -0.2) is 4.98 Å². The highest BCUT2D eigenvalue weighted by Crippen LogP contribution is 2.25. The molecule has 0 aliphatic carbocycles. The minimum absolute atomic E-state index is 0.0133. The van der Waals surface area contributed by atoms with Crippen molar-refractivity contribution >= 4 is 51.2 Å². The molecular formula is C21H20ClN3O2S2. The molecule has 1 N–H and O–H groups in total. The molecule has 3 heterocycles. The number of piperidine rings is 1. The normalized spacial score (nSPS) is 14.7. The molecule has 8 heteroatoms. The van der Waals surface area contributed by atoms with Gasteiger partial charge in [-0.15, -0.1) is 22.7 Å². The fraction of sp³-hybridized carbons (Fsp3) is 0.286. The quantitative estimate of drug-likeness (QED) is 0.605. The van der Waals surface area contributed by atoms with Crippen LogP contribution < -0.4 is 5.32 Å². The SMILES string of the molecule is O=C(Nc1ncc(Cc2ccc(Cl)cc2)s1)C1CCN(C(=O)c2cccs2)CC1. The number of amides is 2. The van der Waals surface area contributed by atoms with E-state index < -0.39 is 0 Å². The summed E-state index contributed by atoms with van der Waals surface area (Å²) < 4.78 is 0. The Labute approximate surface area is 182 Å². The molecule has 0 atom stereocenters. The maximum absolute atomic E-state index is 12.6. The van der Waals surface area contributed by atoms with E-state index in [0.29, 0.717) is 36.1 Å². The number of benzene rings is 1. The Bertz CT molecular complexity index is 978. The monoisotopic (exact) mass is 445 g/mol. The van der Waals surface area contributed by atoms with Gasteiger partial charge in [0.1, 0.15) is 0 Å². The Kier molecular flexibility index (Phi) is 6.28. The van der Waals surface area contributed by atoms with Crippen molar-refractivity contribution in [3.8, 4) is 0 Å². The van der Waals surface area contributed by atoms with Crippen molar-refractivity contribution in [2.45, 2.75) is 19.3 Å². The number of thiophene rings is 1. The van der Waals surface area contributed by atoms with Crippen molar-refractivity contribution in [3.63, 3.8) is 0 Å². The number of rotatable bonds is 5. The molecule has 1 fully saturated rings. The van der Waals surface area contributed by atoms with Crippen LogP contribution in [0.25, 0.3) is 0 Å². The number of carbonyl (C=O) groups is 2. The van der Waals surface area contributed by atoms with Gasteiger partial charge in [0.05, 0.1) is 4.88 Å². The summed E-state index contributed by atoms with van der Waals surface area (Å²) >= 11 is 8.87. The Morgan fingerprint density at radius 3 is 2.62 bits per heavy atom. The van der Waals surface area contributed by atoms with Gasteiger partial charge in [0, 0.05) is 41.5 Å². The Balaban J connectivity index is 1.28. The molecule has 4 rings (SSSR count). The summed E-state index contributed by atoms with van der Waals surface area (Å²) in [5, 5.41) is 6.19. The first-order valence-electron chi connectivity index (χ1n) is 9.41. The number of thiazole rings is 1. The highest BCUT2D eigenvalue weighted by molar-refractivity contribution is 7.15. The van der Waals surface area contributed by atoms with E-state index in [1.54, 1.807) is 6.20 Å². The molecule has 0 unspecified atom stereocenters. The van der Waals surface area contributed by atoms with E-state index in [2.05, 4.69) is 10.3 Å². The van der Waals surface area contributed by atoms with Gasteiger partial charge in [-0.1, -0.05) is 29.8 Å². The summed E-state index contributed by atoms with van der Waals surface area (Å²) in [7, 11) is 0. The molecule has 2 amide bonds. The van der Waals surface area contributed by atoms with Gasteiger partial charge in [-0.3, -0.25) is 9.59 Å². The largest absolute Gasteiger partial charge is 0.338 e. The average Bonchev–Trinajstić information content (AvgIpc) is 3.42. The second kappa shape index (κ2) is 9.07. The number of carbonyl (C=O) groups excluding carboxylic acids is 2. The van der Waals surface area contributed by atoms with E-state index >= 15 is 0 Å². The van der Waals surface area contributed by atoms with Gasteiger partial charge in [0.25, 0.3) is 5.91 Å². The van der Waals surface area contributed by atoms with Crippen molar-refractivity contribution in [2.24, 2.45) is 5.92 Å². The van der Waals surface area contributed by atoms with Crippen LogP contribution in [-0.2, 0) is 11.2 Å². The number of hydrogen-bond donors (Lipinski definition) is 1. The molecule has 5 nitrogen and oxygen atoms in total. The zero-order valence-electron chi connectivity index (χ0n) is 15.6. The number of hydrogen-bond acceptors (Lipinski definition) is 5. The second-order valence-corrected chi connectivity index (χ2v) is 9.47. The smallest absolute Gasteiger partial charge is 0.263 e. The molecule has 0 radical (unpaired) electrons. The number of aromatic nitrogens is 1. The third kappa shape index (κ3) is 5.04. The van der Waals surface area contributed by atoms with E-state index in [0.717, 1.165) is 21.7 Å². The van der Waals surface area contributed by atoms with Gasteiger partial charge in [-0.2, -0.15) is 0 Å². The second-order valence-electron chi connectivity index (χ2n) is 6.97. The Morgan fingerprint density at radius 2 is 1.93 bits per heavy atom. The zero-order chi connectivity index (χ0) is 20.2. The van der Waals surface area contributed by atoms with E-state index in [4.69, 9.17) is 11.6 Å². The first-order chi connectivity index (χ1) is 14.1. The molecule has 2 aromatic heterocycles. The molecule has 150 valence electrons. The Morgan fingerprint density at radius 1 is 1.17 bits per heavy atom. The maximum atomic E-state index is 12.6. The van der Waals surface area contributed by atoms with Crippen molar-refractivity contribution in [1.29, 1.82) is 0 Å². The molecule has 0 spiro atoms. The first-order valence-corrected chi connectivity index (χ1v) is 11.5. The molecule has 1 aliphatic heterocycles. The summed E-state index contributed by atoms with van der Waals surface area (Å²) in [6.45, 7) is 1.21. The van der Waals surface area contributed by atoms with E-state index in [1.807, 2.05) is 46.7 Å². The van der Waals surface area contributed by atoms with E-state index in [9.17, 15) is 9.59 Å². The summed E-state index contributed by atoms with van der Waals surface area (Å²) in [6.07, 6.45) is 3.91. The zero-order valence-corrected chi connectivity index (χ0v) is 18.0. The summed E-state index contributed by atoms with van der Waals surface area (Å²) in [6, 6.07) is 11.5. The number of nitrogens with one attached hydrogen (secondary N) is 1. The lowest BCUT2D eigenvalue weighted by atomic mass is 9.96. The van der Waals surface area contributed by atoms with Gasteiger partial charge < -0.3 is 10.2 Å². The highest BCUT2D eigenvalue weighted by atomic mass is 35.5. The predicted molar refractivity (Wildman–Crippen MR) is 118 cm³/mol. The van der Waals surface area contributed by atoms with Crippen LogP contribution in [-0.4, -0.2) is 34.8 Å². The topological polar surface area (TPSA) is 62.3 Å². The molecule has 0 bridgehead atoms. The van der Waals surface area contributed by atoms with Crippen LogP contribution in [0.15, 0.2) is 48.0 Å². The van der Waals surface area contributed by atoms with Gasteiger partial charge in [-0.05, 0) is 42.0 Å². The lowest BCUT2D eigenvalue weighted by Gasteiger charge is -2.30. The third-order valence-corrected chi connectivity index (χ3v) is 6.98. The lowest BCUT2D eigenvalue weighted by molar-refractivity contribution is -0.121. The number of likely N-dealkylation sites (tertiary alicyclic amines) is 1. The van der Waals surface area contributed by atoms with Crippen LogP contribution in [0.4, 0.5) is 5.13 Å². The maximum Gasteiger partial charge on any atom is 0.263 e. The molecule has 1 aliphatic rings. The van der Waals surface area contributed by atoms with Crippen LogP contribution in [0, 0.1) is 5.92 Å². The van der Waals surface area contributed by atoms with Crippen molar-refractivity contribution in [3.05, 3.63) is 68.3 Å². The third-order valence-electron chi connectivity index (χ3n) is 4.96. The molecule has 29 heavy (non-hydrogen) atoms. The highest BCUT2D eigenvalue weighted by Gasteiger charge is 2.28. The van der Waals surface area contributed by atoms with Crippen molar-refractivity contribution in [1.82, 2.24) is 9.88 Å². The van der Waals surface area contributed by atoms with Crippen LogP contribution >= 0.6 is 34.3 Å². The fourth-order valence-electron chi connectivity index (χ4n) is 3.36. The summed E-state index contributed by atoms with van der Waals surface area (Å²) in [5.41, 5.74) is 1.15. The summed E-state index contributed by atoms with van der Waals surface area (Å²) in [4.78, 5) is 33.0. The van der Waals surface area contributed by atoms with Gasteiger partial charge in [0.2, 0.25) is 5.91 Å². The van der Waals surface area contributed by atoms with Crippen LogP contribution in [0.5, 0.6) is 0 Å². The fourth-order valence-corrected chi connectivity index (χ4v) is 5.03. The van der Waals surface area contributed by atoms with Crippen LogP contribution in [0.1, 0.15) is 33.0 Å². The number of halogens is 1. The van der Waals surface area contributed by atoms with Gasteiger partial charge >= 0.3 is 0 Å². The Hall–Kier alpha value is -2.22. The molecular weight excluding hydrogens is 426 g/mol. The average molecular weight is 446 g/mol.